The number of rotatable bonds is 6. The number of thiophene rings is 1. The maximum atomic E-state index is 12.6. The topological polar surface area (TPSA) is 96.5 Å². The lowest BCUT2D eigenvalue weighted by molar-refractivity contribution is -0.149. The summed E-state index contributed by atoms with van der Waals surface area (Å²) in [6.45, 7) is 1.58. The summed E-state index contributed by atoms with van der Waals surface area (Å²) in [7, 11) is 0. The molecule has 0 unspecified atom stereocenters. The van der Waals surface area contributed by atoms with Crippen molar-refractivity contribution >= 4 is 63.1 Å². The van der Waals surface area contributed by atoms with E-state index in [4.69, 9.17) is 27.9 Å². The zero-order chi connectivity index (χ0) is 22.4. The Morgan fingerprint density at radius 2 is 1.77 bits per heavy atom. The molecule has 3 rings (SSSR count). The average molecular weight is 484 g/mol. The summed E-state index contributed by atoms with van der Waals surface area (Å²) in [4.78, 5) is 37.9. The third kappa shape index (κ3) is 6.59. The van der Waals surface area contributed by atoms with Gasteiger partial charge in [-0.3, -0.25) is 14.9 Å². The van der Waals surface area contributed by atoms with Crippen LogP contribution in [0.25, 0.3) is 0 Å². The minimum absolute atomic E-state index is 0.0703. The first-order valence-corrected chi connectivity index (χ1v) is 11.5. The number of hydrogen-bond donors (Lipinski definition) is 3. The van der Waals surface area contributed by atoms with Gasteiger partial charge in [0.15, 0.2) is 0 Å². The summed E-state index contributed by atoms with van der Waals surface area (Å²) in [5.41, 5.74) is 0.529. The van der Waals surface area contributed by atoms with Crippen LogP contribution in [-0.2, 0) is 9.53 Å². The molecule has 1 fully saturated rings. The number of ether oxygens (including phenoxy) is 1. The van der Waals surface area contributed by atoms with Crippen molar-refractivity contribution in [2.75, 3.05) is 17.2 Å². The van der Waals surface area contributed by atoms with E-state index in [1.807, 2.05) is 6.92 Å². The SMILES string of the molecule is Cc1cc(C(=O)NCC(=O)OC2CCCCC2)c(NC(=O)Nc2c(Cl)cccc2Cl)s1. The van der Waals surface area contributed by atoms with E-state index in [1.54, 1.807) is 24.3 Å². The standard InChI is InChI=1S/C21H23Cl2N3O4S/c1-12-10-14(19(28)24-11-17(27)30-13-6-3-2-4-7-13)20(31-12)26-21(29)25-18-15(22)8-5-9-16(18)23/h5,8-10,13H,2-4,6-7,11H2,1H3,(H,24,28)(H2,25,26,29). The lowest BCUT2D eigenvalue weighted by Crippen LogP contribution is -2.33. The van der Waals surface area contributed by atoms with E-state index in [2.05, 4.69) is 16.0 Å². The van der Waals surface area contributed by atoms with Crippen LogP contribution in [0.4, 0.5) is 15.5 Å². The number of hydrogen-bond acceptors (Lipinski definition) is 5. The van der Waals surface area contributed by atoms with Gasteiger partial charge in [0, 0.05) is 4.88 Å². The van der Waals surface area contributed by atoms with Crippen LogP contribution in [0.2, 0.25) is 10.0 Å². The number of para-hydroxylation sites is 1. The number of benzene rings is 1. The molecular weight excluding hydrogens is 461 g/mol. The molecule has 2 aromatic rings. The lowest BCUT2D eigenvalue weighted by Gasteiger charge is -2.21. The highest BCUT2D eigenvalue weighted by molar-refractivity contribution is 7.16. The maximum Gasteiger partial charge on any atom is 0.325 e. The van der Waals surface area contributed by atoms with Gasteiger partial charge in [0.2, 0.25) is 0 Å². The molecule has 0 atom stereocenters. The van der Waals surface area contributed by atoms with Crippen LogP contribution < -0.4 is 16.0 Å². The molecule has 1 aliphatic rings. The first-order valence-electron chi connectivity index (χ1n) is 9.93. The predicted octanol–water partition coefficient (Wildman–Crippen LogP) is 5.61. The first-order chi connectivity index (χ1) is 14.8. The highest BCUT2D eigenvalue weighted by atomic mass is 35.5. The monoisotopic (exact) mass is 483 g/mol. The van der Waals surface area contributed by atoms with Gasteiger partial charge in [-0.25, -0.2) is 4.79 Å². The molecule has 166 valence electrons. The fourth-order valence-electron chi connectivity index (χ4n) is 3.30. The quantitative estimate of drug-likeness (QED) is 0.464. The molecule has 0 radical (unpaired) electrons. The summed E-state index contributed by atoms with van der Waals surface area (Å²) in [5.74, 6) is -0.941. The predicted molar refractivity (Wildman–Crippen MR) is 123 cm³/mol. The molecule has 0 spiro atoms. The molecule has 10 heteroatoms. The van der Waals surface area contributed by atoms with Crippen LogP contribution in [0.15, 0.2) is 24.3 Å². The Bertz CT molecular complexity index is 953. The van der Waals surface area contributed by atoms with Crippen molar-refractivity contribution < 1.29 is 19.1 Å². The summed E-state index contributed by atoms with van der Waals surface area (Å²) in [6.07, 6.45) is 4.92. The van der Waals surface area contributed by atoms with E-state index in [0.717, 1.165) is 37.0 Å². The van der Waals surface area contributed by atoms with Gasteiger partial charge in [-0.05, 0) is 50.8 Å². The highest BCUT2D eigenvalue weighted by Crippen LogP contribution is 2.31. The van der Waals surface area contributed by atoms with E-state index < -0.39 is 17.9 Å². The molecule has 1 heterocycles. The average Bonchev–Trinajstić information content (AvgIpc) is 3.10. The third-order valence-corrected chi connectivity index (χ3v) is 6.37. The number of anilines is 2. The van der Waals surface area contributed by atoms with Gasteiger partial charge >= 0.3 is 12.0 Å². The minimum atomic E-state index is -0.595. The Labute approximate surface area is 194 Å². The molecule has 3 N–H and O–H groups in total. The largest absolute Gasteiger partial charge is 0.461 e. The van der Waals surface area contributed by atoms with E-state index in [0.29, 0.717) is 15.0 Å². The Morgan fingerprint density at radius 3 is 2.45 bits per heavy atom. The second-order valence-electron chi connectivity index (χ2n) is 7.21. The highest BCUT2D eigenvalue weighted by Gasteiger charge is 2.21. The van der Waals surface area contributed by atoms with Crippen molar-refractivity contribution in [1.29, 1.82) is 0 Å². The fraction of sp³-hybridized carbons (Fsp3) is 0.381. The van der Waals surface area contributed by atoms with Gasteiger partial charge in [-0.2, -0.15) is 0 Å². The van der Waals surface area contributed by atoms with Crippen molar-refractivity contribution in [2.45, 2.75) is 45.1 Å². The third-order valence-electron chi connectivity index (χ3n) is 4.77. The summed E-state index contributed by atoms with van der Waals surface area (Å²) in [5, 5.41) is 8.72. The molecule has 1 saturated carbocycles. The number of esters is 1. The summed E-state index contributed by atoms with van der Waals surface area (Å²) >= 11 is 13.4. The Morgan fingerprint density at radius 1 is 1.10 bits per heavy atom. The fourth-order valence-corrected chi connectivity index (χ4v) is 4.70. The van der Waals surface area contributed by atoms with E-state index in [1.165, 1.54) is 11.3 Å². The number of halogens is 2. The number of urea groups is 1. The molecule has 31 heavy (non-hydrogen) atoms. The summed E-state index contributed by atoms with van der Waals surface area (Å²) < 4.78 is 5.41. The number of aryl methyl sites for hydroxylation is 1. The second kappa shape index (κ2) is 10.8. The maximum absolute atomic E-state index is 12.6. The normalized spacial score (nSPS) is 14.0. The zero-order valence-electron chi connectivity index (χ0n) is 16.9. The Balaban J connectivity index is 1.58. The van der Waals surface area contributed by atoms with Crippen molar-refractivity contribution in [2.24, 2.45) is 0 Å². The second-order valence-corrected chi connectivity index (χ2v) is 9.28. The van der Waals surface area contributed by atoms with Crippen molar-refractivity contribution in [1.82, 2.24) is 5.32 Å². The van der Waals surface area contributed by atoms with Gasteiger partial charge in [-0.1, -0.05) is 35.7 Å². The number of carbonyl (C=O) groups is 3. The van der Waals surface area contributed by atoms with Gasteiger partial charge in [0.05, 0.1) is 21.3 Å². The molecule has 0 saturated heterocycles. The van der Waals surface area contributed by atoms with Gasteiger partial charge in [0.25, 0.3) is 5.91 Å². The number of amides is 3. The number of nitrogens with one attached hydrogen (secondary N) is 3. The molecule has 1 aromatic carbocycles. The molecule has 1 aliphatic carbocycles. The van der Waals surface area contributed by atoms with Crippen LogP contribution in [-0.4, -0.2) is 30.6 Å². The van der Waals surface area contributed by atoms with Crippen molar-refractivity contribution in [3.63, 3.8) is 0 Å². The number of carbonyl (C=O) groups excluding carboxylic acids is 3. The zero-order valence-corrected chi connectivity index (χ0v) is 19.3. The Hall–Kier alpha value is -2.29. The summed E-state index contributed by atoms with van der Waals surface area (Å²) in [6, 6.07) is 5.92. The van der Waals surface area contributed by atoms with Crippen LogP contribution in [0.5, 0.6) is 0 Å². The van der Waals surface area contributed by atoms with E-state index >= 15 is 0 Å². The first kappa shape index (κ1) is 23.4. The minimum Gasteiger partial charge on any atom is -0.461 e. The molecule has 3 amide bonds. The van der Waals surface area contributed by atoms with Crippen molar-refractivity contribution in [3.8, 4) is 0 Å². The Kier molecular flexibility index (Phi) is 8.17. The van der Waals surface area contributed by atoms with Gasteiger partial charge < -0.3 is 15.4 Å². The molecule has 0 bridgehead atoms. The van der Waals surface area contributed by atoms with Gasteiger partial charge in [0.1, 0.15) is 17.6 Å². The van der Waals surface area contributed by atoms with Crippen LogP contribution in [0, 0.1) is 6.92 Å². The molecule has 1 aromatic heterocycles. The van der Waals surface area contributed by atoms with Crippen LogP contribution >= 0.6 is 34.5 Å². The van der Waals surface area contributed by atoms with Crippen molar-refractivity contribution in [3.05, 3.63) is 44.8 Å². The van der Waals surface area contributed by atoms with Crippen LogP contribution in [0.1, 0.15) is 47.3 Å². The molecular formula is C21H23Cl2N3O4S. The van der Waals surface area contributed by atoms with E-state index in [9.17, 15) is 14.4 Å². The van der Waals surface area contributed by atoms with Crippen LogP contribution in [0.3, 0.4) is 0 Å². The molecule has 0 aliphatic heterocycles. The van der Waals surface area contributed by atoms with E-state index in [-0.39, 0.29) is 23.9 Å². The smallest absolute Gasteiger partial charge is 0.325 e. The lowest BCUT2D eigenvalue weighted by atomic mass is 9.98. The van der Waals surface area contributed by atoms with Gasteiger partial charge in [-0.15, -0.1) is 11.3 Å². The molecule has 7 nitrogen and oxygen atoms in total.